The summed E-state index contributed by atoms with van der Waals surface area (Å²) in [6.45, 7) is 18.2. The summed E-state index contributed by atoms with van der Waals surface area (Å²) in [6.07, 6.45) is 0.730. The van der Waals surface area contributed by atoms with Gasteiger partial charge in [0.1, 0.15) is 0 Å². The molecule has 3 nitrogen and oxygen atoms in total. The third kappa shape index (κ3) is 7.07. The lowest BCUT2D eigenvalue weighted by Gasteiger charge is -2.32. The van der Waals surface area contributed by atoms with Crippen LogP contribution in [0, 0.1) is 17.3 Å². The second-order valence-corrected chi connectivity index (χ2v) is 11.2. The summed E-state index contributed by atoms with van der Waals surface area (Å²) in [6, 6.07) is 0. The first-order valence-electron chi connectivity index (χ1n) is 7.70. The van der Waals surface area contributed by atoms with Gasteiger partial charge in [0.2, 0.25) is 0 Å². The standard InChI is InChI=1S/C16H35NO2S/c1-13(2)11-17-12-14(15(3,4)5)9-10-20(18,19)16(6,7)8/h13-14,17H,9-12H2,1-8H3. The van der Waals surface area contributed by atoms with Crippen LogP contribution in [0.4, 0.5) is 0 Å². The molecule has 0 fully saturated rings. The lowest BCUT2D eigenvalue weighted by molar-refractivity contribution is 0.224. The molecule has 0 aromatic carbocycles. The van der Waals surface area contributed by atoms with E-state index >= 15 is 0 Å². The molecule has 0 rings (SSSR count). The summed E-state index contributed by atoms with van der Waals surface area (Å²) >= 11 is 0. The predicted octanol–water partition coefficient (Wildman–Crippen LogP) is 3.50. The van der Waals surface area contributed by atoms with Crippen LogP contribution in [0.5, 0.6) is 0 Å². The normalized spacial score (nSPS) is 15.7. The summed E-state index contributed by atoms with van der Waals surface area (Å²) in [7, 11) is -3.02. The van der Waals surface area contributed by atoms with E-state index in [9.17, 15) is 8.42 Å². The van der Waals surface area contributed by atoms with Crippen LogP contribution >= 0.6 is 0 Å². The minimum Gasteiger partial charge on any atom is -0.316 e. The highest BCUT2D eigenvalue weighted by Crippen LogP contribution is 2.30. The Hall–Kier alpha value is -0.0900. The first-order valence-corrected chi connectivity index (χ1v) is 9.35. The van der Waals surface area contributed by atoms with Crippen LogP contribution in [0.25, 0.3) is 0 Å². The first kappa shape index (κ1) is 19.9. The molecule has 0 heterocycles. The molecule has 1 unspecified atom stereocenters. The van der Waals surface area contributed by atoms with Gasteiger partial charge in [-0.25, -0.2) is 8.42 Å². The van der Waals surface area contributed by atoms with Crippen molar-refractivity contribution >= 4 is 9.84 Å². The van der Waals surface area contributed by atoms with E-state index in [0.717, 1.165) is 19.5 Å². The third-order valence-corrected chi connectivity index (χ3v) is 6.48. The van der Waals surface area contributed by atoms with Crippen LogP contribution in [0.1, 0.15) is 61.8 Å². The van der Waals surface area contributed by atoms with Crippen molar-refractivity contribution in [3.05, 3.63) is 0 Å². The molecular weight excluding hydrogens is 270 g/mol. The van der Waals surface area contributed by atoms with Gasteiger partial charge in [0.25, 0.3) is 0 Å². The fourth-order valence-corrected chi connectivity index (χ4v) is 3.20. The average molecular weight is 306 g/mol. The third-order valence-electron chi connectivity index (χ3n) is 3.84. The summed E-state index contributed by atoms with van der Waals surface area (Å²) in [4.78, 5) is 0. The van der Waals surface area contributed by atoms with E-state index in [1.54, 1.807) is 20.8 Å². The topological polar surface area (TPSA) is 46.2 Å². The molecule has 1 N–H and O–H groups in total. The molecule has 0 aromatic rings. The van der Waals surface area contributed by atoms with Crippen molar-refractivity contribution in [1.82, 2.24) is 5.32 Å². The van der Waals surface area contributed by atoms with Gasteiger partial charge in [-0.15, -0.1) is 0 Å². The lowest BCUT2D eigenvalue weighted by Crippen LogP contribution is -2.37. The van der Waals surface area contributed by atoms with E-state index in [1.807, 2.05) is 0 Å². The van der Waals surface area contributed by atoms with E-state index in [1.165, 1.54) is 0 Å². The van der Waals surface area contributed by atoms with Crippen LogP contribution in [-0.4, -0.2) is 32.0 Å². The van der Waals surface area contributed by atoms with Gasteiger partial charge >= 0.3 is 0 Å². The zero-order valence-corrected chi connectivity index (χ0v) is 15.5. The minimum atomic E-state index is -3.02. The molecule has 4 heteroatoms. The maximum Gasteiger partial charge on any atom is 0.155 e. The van der Waals surface area contributed by atoms with Gasteiger partial charge < -0.3 is 5.32 Å². The van der Waals surface area contributed by atoms with Gasteiger partial charge in [0.05, 0.1) is 10.5 Å². The van der Waals surface area contributed by atoms with E-state index in [2.05, 4.69) is 39.9 Å². The largest absolute Gasteiger partial charge is 0.316 e. The van der Waals surface area contributed by atoms with Crippen molar-refractivity contribution in [2.45, 2.75) is 66.6 Å². The molecule has 1 atom stereocenters. The van der Waals surface area contributed by atoms with Crippen molar-refractivity contribution < 1.29 is 8.42 Å². The Morgan fingerprint density at radius 1 is 0.950 bits per heavy atom. The molecule has 0 saturated heterocycles. The van der Waals surface area contributed by atoms with Gasteiger partial charge in [-0.1, -0.05) is 34.6 Å². The number of rotatable bonds is 7. The highest BCUT2D eigenvalue weighted by molar-refractivity contribution is 7.92. The maximum atomic E-state index is 12.2. The van der Waals surface area contributed by atoms with Crippen LogP contribution in [0.15, 0.2) is 0 Å². The van der Waals surface area contributed by atoms with E-state index in [-0.39, 0.29) is 11.2 Å². The molecule has 0 amide bonds. The zero-order chi connectivity index (χ0) is 16.2. The highest BCUT2D eigenvalue weighted by Gasteiger charge is 2.32. The number of nitrogens with one attached hydrogen (secondary N) is 1. The molecule has 0 saturated carbocycles. The van der Waals surface area contributed by atoms with Crippen molar-refractivity contribution in [3.63, 3.8) is 0 Å². The van der Waals surface area contributed by atoms with Gasteiger partial charge in [-0.3, -0.25) is 0 Å². The molecule has 20 heavy (non-hydrogen) atoms. The summed E-state index contributed by atoms with van der Waals surface area (Å²) < 4.78 is 23.8. The van der Waals surface area contributed by atoms with Crippen molar-refractivity contribution in [3.8, 4) is 0 Å². The number of hydrogen-bond acceptors (Lipinski definition) is 3. The fraction of sp³-hybridized carbons (Fsp3) is 1.00. The summed E-state index contributed by atoms with van der Waals surface area (Å²) in [5.74, 6) is 1.27. The quantitative estimate of drug-likeness (QED) is 0.783. The first-order chi connectivity index (χ1) is 8.77. The van der Waals surface area contributed by atoms with E-state index < -0.39 is 14.6 Å². The van der Waals surface area contributed by atoms with Crippen LogP contribution < -0.4 is 5.32 Å². The van der Waals surface area contributed by atoms with Gasteiger partial charge in [-0.2, -0.15) is 0 Å². The van der Waals surface area contributed by atoms with Crippen LogP contribution in [0.2, 0.25) is 0 Å². The van der Waals surface area contributed by atoms with Gasteiger partial charge in [-0.05, 0) is 57.5 Å². The second-order valence-electron chi connectivity index (χ2n) is 8.33. The van der Waals surface area contributed by atoms with Crippen molar-refractivity contribution in [2.24, 2.45) is 17.3 Å². The molecular formula is C16H35NO2S. The van der Waals surface area contributed by atoms with E-state index in [0.29, 0.717) is 11.8 Å². The highest BCUT2D eigenvalue weighted by atomic mass is 32.2. The molecule has 0 aliphatic carbocycles. The van der Waals surface area contributed by atoms with Gasteiger partial charge in [0, 0.05) is 0 Å². The molecule has 0 radical (unpaired) electrons. The van der Waals surface area contributed by atoms with Crippen LogP contribution in [-0.2, 0) is 9.84 Å². The van der Waals surface area contributed by atoms with Crippen molar-refractivity contribution in [1.29, 1.82) is 0 Å². The SMILES string of the molecule is CC(C)CNCC(CCS(=O)(=O)C(C)(C)C)C(C)(C)C. The lowest BCUT2D eigenvalue weighted by atomic mass is 9.79. The molecule has 0 bridgehead atoms. The number of sulfone groups is 1. The predicted molar refractivity (Wildman–Crippen MR) is 88.8 cm³/mol. The summed E-state index contributed by atoms with van der Waals surface area (Å²) in [5, 5.41) is 3.47. The molecule has 0 aliphatic heterocycles. The Kier molecular flexibility index (Phi) is 7.22. The zero-order valence-electron chi connectivity index (χ0n) is 14.7. The maximum absolute atomic E-state index is 12.2. The molecule has 0 aliphatic rings. The Bertz CT molecular complexity index is 372. The number of hydrogen-bond donors (Lipinski definition) is 1. The Morgan fingerprint density at radius 2 is 1.45 bits per heavy atom. The average Bonchev–Trinajstić information content (AvgIpc) is 2.18. The monoisotopic (exact) mass is 305 g/mol. The molecule has 0 spiro atoms. The Labute approximate surface area is 126 Å². The fourth-order valence-electron chi connectivity index (χ4n) is 1.99. The van der Waals surface area contributed by atoms with Gasteiger partial charge in [0.15, 0.2) is 9.84 Å². The van der Waals surface area contributed by atoms with Crippen LogP contribution in [0.3, 0.4) is 0 Å². The smallest absolute Gasteiger partial charge is 0.155 e. The second kappa shape index (κ2) is 7.26. The Morgan fingerprint density at radius 3 is 1.80 bits per heavy atom. The Balaban J connectivity index is 4.62. The van der Waals surface area contributed by atoms with E-state index in [4.69, 9.17) is 0 Å². The minimum absolute atomic E-state index is 0.122. The molecule has 0 aromatic heterocycles. The molecule has 122 valence electrons. The van der Waals surface area contributed by atoms with Crippen molar-refractivity contribution in [2.75, 3.05) is 18.8 Å². The summed E-state index contributed by atoms with van der Waals surface area (Å²) in [5.41, 5.74) is 0.122.